The topological polar surface area (TPSA) is 122 Å². The number of carbonyl (C=O) groups excluding carboxylic acids is 2. The molecule has 0 aliphatic carbocycles. The van der Waals surface area contributed by atoms with Crippen LogP contribution in [0, 0.1) is 10.1 Å². The third kappa shape index (κ3) is 5.26. The Kier molecular flexibility index (Phi) is 6.99. The highest BCUT2D eigenvalue weighted by atomic mass is 35.5. The second-order valence-electron chi connectivity index (χ2n) is 10.2. The molecule has 10 heteroatoms. The van der Waals surface area contributed by atoms with Gasteiger partial charge in [-0.3, -0.25) is 14.9 Å². The molecule has 6 aromatic carbocycles. The van der Waals surface area contributed by atoms with E-state index >= 15 is 0 Å². The van der Waals surface area contributed by atoms with Gasteiger partial charge in [-0.2, -0.15) is 0 Å². The second-order valence-corrected chi connectivity index (χ2v) is 10.6. The fourth-order valence-corrected chi connectivity index (χ4v) is 5.43. The monoisotopic (exact) mass is 613 g/mol. The Hall–Kier alpha value is -5.93. The van der Waals surface area contributed by atoms with Crippen molar-refractivity contribution >= 4 is 72.7 Å². The molecule has 7 rings (SSSR count). The summed E-state index contributed by atoms with van der Waals surface area (Å²) in [6, 6.07) is 31.0. The molecule has 0 saturated carbocycles. The summed E-state index contributed by atoms with van der Waals surface area (Å²) >= 11 is 5.85. The molecule has 0 radical (unpaired) electrons. The molecule has 218 valence electrons. The molecule has 0 N–H and O–H groups in total. The Morgan fingerprint density at radius 1 is 0.711 bits per heavy atom. The van der Waals surface area contributed by atoms with Crippen LogP contribution in [0.3, 0.4) is 0 Å². The van der Waals surface area contributed by atoms with Crippen molar-refractivity contribution in [2.75, 3.05) is 6.61 Å². The number of fused-ring (bicyclic) bond motifs is 7. The van der Waals surface area contributed by atoms with E-state index in [1.54, 1.807) is 18.2 Å². The summed E-state index contributed by atoms with van der Waals surface area (Å²) in [4.78, 5) is 46.2. The number of rotatable bonds is 7. The third-order valence-corrected chi connectivity index (χ3v) is 7.65. The Morgan fingerprint density at radius 3 is 1.96 bits per heavy atom. The van der Waals surface area contributed by atoms with Gasteiger partial charge in [0.1, 0.15) is 5.75 Å². The number of benzene rings is 6. The van der Waals surface area contributed by atoms with Gasteiger partial charge in [-0.15, -0.1) is 0 Å². The summed E-state index contributed by atoms with van der Waals surface area (Å²) in [5.74, 6) is -0.825. The van der Waals surface area contributed by atoms with Gasteiger partial charge in [0.05, 0.1) is 32.6 Å². The molecule has 0 unspecified atom stereocenters. The highest BCUT2D eigenvalue weighted by Crippen LogP contribution is 2.35. The SMILES string of the molecule is O=C(COC(=O)c1ccc2nc3c4ccccc4c4ccccc4c3nc2c1)c1ccc(Oc2ccc(Cl)cc2[N+](=O)[O-])cc1. The van der Waals surface area contributed by atoms with Crippen LogP contribution >= 0.6 is 11.6 Å². The molecule has 45 heavy (non-hydrogen) atoms. The fraction of sp³-hybridized carbons (Fsp3) is 0.0286. The zero-order valence-electron chi connectivity index (χ0n) is 23.3. The number of nitrogens with zero attached hydrogens (tertiary/aromatic N) is 3. The lowest BCUT2D eigenvalue weighted by molar-refractivity contribution is -0.385. The number of ether oxygens (including phenoxy) is 2. The third-order valence-electron chi connectivity index (χ3n) is 7.41. The van der Waals surface area contributed by atoms with Crippen molar-refractivity contribution in [3.05, 3.63) is 135 Å². The Morgan fingerprint density at radius 2 is 1.31 bits per heavy atom. The number of nitro groups is 1. The van der Waals surface area contributed by atoms with Crippen molar-refractivity contribution in [1.82, 2.24) is 9.97 Å². The van der Waals surface area contributed by atoms with E-state index < -0.39 is 23.3 Å². The van der Waals surface area contributed by atoms with Gasteiger partial charge in [0.2, 0.25) is 5.75 Å². The minimum absolute atomic E-state index is 0.00650. The van der Waals surface area contributed by atoms with E-state index in [0.717, 1.165) is 32.6 Å². The molecule has 1 heterocycles. The average Bonchev–Trinajstić information content (AvgIpc) is 3.07. The molecule has 9 nitrogen and oxygen atoms in total. The molecule has 0 saturated heterocycles. The van der Waals surface area contributed by atoms with Crippen LogP contribution in [-0.2, 0) is 4.74 Å². The maximum atomic E-state index is 12.9. The van der Waals surface area contributed by atoms with E-state index in [0.29, 0.717) is 11.0 Å². The quantitative estimate of drug-likeness (QED) is 0.0438. The first-order valence-corrected chi connectivity index (χ1v) is 14.2. The zero-order chi connectivity index (χ0) is 31.1. The van der Waals surface area contributed by atoms with E-state index in [4.69, 9.17) is 31.0 Å². The van der Waals surface area contributed by atoms with Gasteiger partial charge in [-0.05, 0) is 65.4 Å². The first-order valence-electron chi connectivity index (χ1n) is 13.8. The van der Waals surface area contributed by atoms with E-state index in [-0.39, 0.29) is 33.3 Å². The number of nitro benzene ring substituents is 1. The van der Waals surface area contributed by atoms with Gasteiger partial charge >= 0.3 is 11.7 Å². The van der Waals surface area contributed by atoms with Crippen molar-refractivity contribution in [2.45, 2.75) is 0 Å². The lowest BCUT2D eigenvalue weighted by atomic mass is 9.99. The van der Waals surface area contributed by atoms with Crippen LogP contribution in [0.15, 0.2) is 109 Å². The van der Waals surface area contributed by atoms with Crippen LogP contribution in [0.1, 0.15) is 20.7 Å². The summed E-state index contributed by atoms with van der Waals surface area (Å²) in [5.41, 5.74) is 2.89. The van der Waals surface area contributed by atoms with Gasteiger partial charge in [0, 0.05) is 27.4 Å². The molecule has 0 bridgehead atoms. The van der Waals surface area contributed by atoms with E-state index in [9.17, 15) is 19.7 Å². The summed E-state index contributed by atoms with van der Waals surface area (Å²) in [7, 11) is 0. The highest BCUT2D eigenvalue weighted by molar-refractivity contribution is 6.30. The number of aromatic nitrogens is 2. The number of carbonyl (C=O) groups is 2. The van der Waals surface area contributed by atoms with Crippen LogP contribution in [0.4, 0.5) is 5.69 Å². The summed E-state index contributed by atoms with van der Waals surface area (Å²) in [6.07, 6.45) is 0. The number of esters is 1. The maximum Gasteiger partial charge on any atom is 0.338 e. The number of halogens is 1. The Balaban J connectivity index is 1.09. The van der Waals surface area contributed by atoms with Crippen LogP contribution in [0.2, 0.25) is 5.02 Å². The van der Waals surface area contributed by atoms with Gasteiger partial charge in [0.15, 0.2) is 12.4 Å². The van der Waals surface area contributed by atoms with Crippen molar-refractivity contribution in [2.24, 2.45) is 0 Å². The zero-order valence-corrected chi connectivity index (χ0v) is 24.0. The standard InChI is InChI=1S/C35H20ClN3O6/c36-22-12-16-32(30(18-22)39(42)43)45-23-13-9-20(10-14-23)31(40)19-44-35(41)21-11-15-28-29(17-21)38-34-27-8-4-2-6-25(27)24-5-1-3-7-26(24)33(34)37-28/h1-18H,19H2. The van der Waals surface area contributed by atoms with Crippen LogP contribution in [0.25, 0.3) is 43.6 Å². The number of hydrogen-bond donors (Lipinski definition) is 0. The predicted octanol–water partition coefficient (Wildman–Crippen LogP) is 8.48. The van der Waals surface area contributed by atoms with Gasteiger partial charge < -0.3 is 9.47 Å². The molecular weight excluding hydrogens is 594 g/mol. The number of hydrogen-bond acceptors (Lipinski definition) is 8. The lowest BCUT2D eigenvalue weighted by Gasteiger charge is -2.10. The van der Waals surface area contributed by atoms with Gasteiger partial charge in [-0.1, -0.05) is 60.1 Å². The smallest absolute Gasteiger partial charge is 0.338 e. The van der Waals surface area contributed by atoms with Gasteiger partial charge in [0.25, 0.3) is 0 Å². The van der Waals surface area contributed by atoms with Crippen LogP contribution in [-0.4, -0.2) is 33.3 Å². The normalized spacial score (nSPS) is 11.2. The molecule has 0 aliphatic rings. The summed E-state index contributed by atoms with van der Waals surface area (Å²) in [6.45, 7) is -0.486. The maximum absolute atomic E-state index is 12.9. The summed E-state index contributed by atoms with van der Waals surface area (Å²) < 4.78 is 10.9. The summed E-state index contributed by atoms with van der Waals surface area (Å²) in [5, 5.41) is 15.6. The fourth-order valence-electron chi connectivity index (χ4n) is 5.26. The van der Waals surface area contributed by atoms with E-state index in [1.165, 1.54) is 42.5 Å². The molecule has 7 aromatic rings. The average molecular weight is 614 g/mol. The van der Waals surface area contributed by atoms with Crippen LogP contribution in [0.5, 0.6) is 11.5 Å². The molecule has 0 spiro atoms. The van der Waals surface area contributed by atoms with E-state index in [1.807, 2.05) is 36.4 Å². The number of Topliss-reactive ketones (excluding diaryl/α,β-unsaturated/α-hetero) is 1. The molecular formula is C35H20ClN3O6. The number of ketones is 1. The Labute approximate surface area is 259 Å². The highest BCUT2D eigenvalue weighted by Gasteiger charge is 2.18. The molecule has 0 aliphatic heterocycles. The Bertz CT molecular complexity index is 2340. The minimum atomic E-state index is -0.675. The molecule has 0 amide bonds. The van der Waals surface area contributed by atoms with Crippen molar-refractivity contribution < 1.29 is 24.0 Å². The molecule has 0 atom stereocenters. The molecule has 1 aromatic heterocycles. The second kappa shape index (κ2) is 11.3. The lowest BCUT2D eigenvalue weighted by Crippen LogP contribution is -2.14. The van der Waals surface area contributed by atoms with E-state index in [2.05, 4.69) is 12.1 Å². The largest absolute Gasteiger partial charge is 0.454 e. The van der Waals surface area contributed by atoms with Gasteiger partial charge in [-0.25, -0.2) is 14.8 Å². The minimum Gasteiger partial charge on any atom is -0.454 e. The van der Waals surface area contributed by atoms with Crippen molar-refractivity contribution in [3.8, 4) is 11.5 Å². The molecule has 0 fully saturated rings. The first kappa shape index (κ1) is 27.9. The first-order chi connectivity index (χ1) is 21.9. The van der Waals surface area contributed by atoms with Crippen LogP contribution < -0.4 is 4.74 Å². The van der Waals surface area contributed by atoms with Crippen molar-refractivity contribution in [1.29, 1.82) is 0 Å². The predicted molar refractivity (Wildman–Crippen MR) is 171 cm³/mol. The van der Waals surface area contributed by atoms with Crippen molar-refractivity contribution in [3.63, 3.8) is 0 Å².